The van der Waals surface area contributed by atoms with E-state index in [2.05, 4.69) is 5.32 Å². The van der Waals surface area contributed by atoms with Crippen LogP contribution in [-0.2, 0) is 47.5 Å². The fourth-order valence-electron chi connectivity index (χ4n) is 9.50. The number of benzene rings is 1. The fraction of sp³-hybridized carbons (Fsp3) is 0.674. The Balaban J connectivity index is 1.74. The van der Waals surface area contributed by atoms with Crippen LogP contribution in [0.15, 0.2) is 41.5 Å². The summed E-state index contributed by atoms with van der Waals surface area (Å²) in [6.07, 6.45) is -12.8. The van der Waals surface area contributed by atoms with Gasteiger partial charge in [0.15, 0.2) is 23.6 Å². The van der Waals surface area contributed by atoms with Crippen molar-refractivity contribution in [1.29, 1.82) is 0 Å². The van der Waals surface area contributed by atoms with Crippen molar-refractivity contribution in [2.75, 3.05) is 13.7 Å². The molecule has 4 N–H and O–H groups in total. The van der Waals surface area contributed by atoms with Crippen molar-refractivity contribution in [1.82, 2.24) is 5.32 Å². The van der Waals surface area contributed by atoms with Gasteiger partial charge in [-0.3, -0.25) is 9.59 Å². The lowest BCUT2D eigenvalue weighted by Crippen LogP contribution is -2.82. The van der Waals surface area contributed by atoms with E-state index in [9.17, 15) is 39.3 Å². The van der Waals surface area contributed by atoms with Crippen molar-refractivity contribution in [2.24, 2.45) is 22.2 Å². The summed E-state index contributed by atoms with van der Waals surface area (Å²) < 4.78 is 40.3. The summed E-state index contributed by atoms with van der Waals surface area (Å²) >= 11 is 0. The topological polar surface area (TPSA) is 240 Å². The second kappa shape index (κ2) is 16.0. The zero-order valence-corrected chi connectivity index (χ0v) is 36.3. The van der Waals surface area contributed by atoms with E-state index in [-0.39, 0.29) is 29.7 Å². The lowest BCUT2D eigenvalue weighted by Gasteiger charge is -2.67. The van der Waals surface area contributed by atoms with E-state index in [0.717, 1.165) is 14.0 Å². The fourth-order valence-corrected chi connectivity index (χ4v) is 9.50. The van der Waals surface area contributed by atoms with Crippen LogP contribution in [-0.4, -0.2) is 124 Å². The summed E-state index contributed by atoms with van der Waals surface area (Å²) in [5, 5.41) is 39.8. The SMILES string of the molecule is COC(=O)O[C@@]12CO[C@@H]1CC(O)[C@@]1(C)C(=O)[C@H](OC(C)=O)C3=C(C)[C@@H](OC(=O)[C@H](O)[C@@H](NC(=O)OC(C)(C)C)C(C)(C)C)C[C@@](O)(C(OC(=O)c4ccccc4)C12)C3(C)C. The predicted molar refractivity (Wildman–Crippen MR) is 209 cm³/mol. The second-order valence-corrected chi connectivity index (χ2v) is 19.1. The van der Waals surface area contributed by atoms with Crippen molar-refractivity contribution < 1.29 is 77.2 Å². The molecule has 1 aliphatic heterocycles. The molecule has 3 unspecified atom stereocenters. The number of carbonyl (C=O) groups excluding carboxylic acids is 6. The van der Waals surface area contributed by atoms with E-state index in [1.165, 1.54) is 39.8 Å². The van der Waals surface area contributed by atoms with Gasteiger partial charge in [-0.05, 0) is 63.3 Å². The first-order chi connectivity index (χ1) is 27.6. The van der Waals surface area contributed by atoms with Crippen molar-refractivity contribution in [3.05, 3.63) is 47.0 Å². The van der Waals surface area contributed by atoms with Crippen molar-refractivity contribution >= 4 is 35.9 Å². The van der Waals surface area contributed by atoms with E-state index in [4.69, 9.17) is 33.2 Å². The van der Waals surface area contributed by atoms with Crippen molar-refractivity contribution in [2.45, 2.75) is 148 Å². The predicted octanol–water partition coefficient (Wildman–Crippen LogP) is 3.72. The number of aliphatic hydroxyl groups is 3. The van der Waals surface area contributed by atoms with Crippen LogP contribution < -0.4 is 5.32 Å². The molecule has 17 heteroatoms. The average Bonchev–Trinajstić information content (AvgIpc) is 3.13. The van der Waals surface area contributed by atoms with Crippen molar-refractivity contribution in [3.8, 4) is 0 Å². The first kappa shape index (κ1) is 46.5. The monoisotopic (exact) mass is 845 g/mol. The molecule has 1 heterocycles. The van der Waals surface area contributed by atoms with Crippen LogP contribution in [0.1, 0.15) is 99.4 Å². The van der Waals surface area contributed by atoms with Gasteiger partial charge in [0.25, 0.3) is 0 Å². The molecule has 1 aromatic rings. The third-order valence-electron chi connectivity index (χ3n) is 12.7. The first-order valence-electron chi connectivity index (χ1n) is 19.9. The van der Waals surface area contributed by atoms with E-state index in [0.29, 0.717) is 0 Å². The molecular weight excluding hydrogens is 786 g/mol. The maximum atomic E-state index is 15.4. The van der Waals surface area contributed by atoms with E-state index in [1.54, 1.807) is 59.7 Å². The molecule has 60 heavy (non-hydrogen) atoms. The zero-order chi connectivity index (χ0) is 45.1. The lowest BCUT2D eigenvalue weighted by molar-refractivity contribution is -0.344. The minimum absolute atomic E-state index is 0.0226. The molecule has 2 saturated carbocycles. The number of nitrogens with one attached hydrogen (secondary N) is 1. The molecule has 1 aromatic carbocycles. The Morgan fingerprint density at radius 3 is 2.10 bits per heavy atom. The number of esters is 3. The minimum atomic E-state index is -2.42. The van der Waals surface area contributed by atoms with E-state index in [1.807, 2.05) is 0 Å². The van der Waals surface area contributed by atoms with Crippen LogP contribution in [0.25, 0.3) is 0 Å². The number of hydrogen-bond acceptors (Lipinski definition) is 16. The molecule has 332 valence electrons. The van der Waals surface area contributed by atoms with Gasteiger partial charge in [0.1, 0.15) is 29.5 Å². The van der Waals surface area contributed by atoms with Crippen LogP contribution in [0.2, 0.25) is 0 Å². The summed E-state index contributed by atoms with van der Waals surface area (Å²) in [5.74, 6) is -5.62. The molecule has 3 aliphatic carbocycles. The Hall–Kier alpha value is -4.58. The number of alkyl carbamates (subject to hydrolysis) is 1. The van der Waals surface area contributed by atoms with E-state index >= 15 is 4.79 Å². The van der Waals surface area contributed by atoms with Gasteiger partial charge in [-0.25, -0.2) is 19.2 Å². The largest absolute Gasteiger partial charge is 0.508 e. The van der Waals surface area contributed by atoms with Gasteiger partial charge in [-0.15, -0.1) is 0 Å². The number of amides is 1. The normalized spacial score (nSPS) is 33.1. The van der Waals surface area contributed by atoms with Gasteiger partial charge >= 0.3 is 30.2 Å². The molecule has 4 aliphatic rings. The van der Waals surface area contributed by atoms with Gasteiger partial charge in [0.2, 0.25) is 0 Å². The Kier molecular flexibility index (Phi) is 12.4. The number of aliphatic hydroxyl groups excluding tert-OH is 2. The van der Waals surface area contributed by atoms with Crippen LogP contribution in [0.5, 0.6) is 0 Å². The molecule has 11 atom stereocenters. The summed E-state index contributed by atoms with van der Waals surface area (Å²) in [7, 11) is 1.07. The summed E-state index contributed by atoms with van der Waals surface area (Å²) in [6, 6.07) is 6.50. The van der Waals surface area contributed by atoms with Crippen LogP contribution in [0.3, 0.4) is 0 Å². The molecule has 0 radical (unpaired) electrons. The summed E-state index contributed by atoms with van der Waals surface area (Å²) in [4.78, 5) is 82.7. The standard InChI is InChI=1S/C43H59NO16/c1-21-24(57-35(50)28(47)31(38(3,4)5)44-36(51)59-39(6,7)8)19-43(53)33(58-34(49)23-16-14-13-15-17-23)30-41(11,32(48)29(56-22(2)45)27(21)40(43,9)10)25(46)18-26-42(30,20-55-26)60-37(52)54-12/h13-17,24-26,28-31,33,46-47,53H,18-20H2,1-12H3,(H,44,51)/t24-,25?,26+,28+,29+,30?,31+,33?,41+,42-,43+/m0/s1. The number of methoxy groups -OCH3 is 1. The smallest absolute Gasteiger partial charge is 0.456 e. The maximum absolute atomic E-state index is 15.4. The molecule has 3 fully saturated rings. The average molecular weight is 846 g/mol. The maximum Gasteiger partial charge on any atom is 0.508 e. The third-order valence-corrected chi connectivity index (χ3v) is 12.7. The number of fused-ring (bicyclic) bond motifs is 5. The van der Waals surface area contributed by atoms with Crippen LogP contribution in [0, 0.1) is 22.2 Å². The molecular formula is C43H59NO16. The van der Waals surface area contributed by atoms with E-state index < -0.39 is 124 Å². The molecule has 1 amide bonds. The molecule has 5 rings (SSSR count). The Morgan fingerprint density at radius 2 is 1.58 bits per heavy atom. The molecule has 1 saturated heterocycles. The number of Topliss-reactive ketones (excluding diaryl/α,β-unsaturated/α-hetero) is 1. The number of carbonyl (C=O) groups is 6. The summed E-state index contributed by atoms with van der Waals surface area (Å²) in [5.41, 5.74) is -9.78. The van der Waals surface area contributed by atoms with Gasteiger partial charge in [0, 0.05) is 25.2 Å². The van der Waals surface area contributed by atoms with Gasteiger partial charge in [0.05, 0.1) is 42.8 Å². The minimum Gasteiger partial charge on any atom is -0.456 e. The molecule has 2 bridgehead atoms. The Labute approximate surface area is 349 Å². The van der Waals surface area contributed by atoms with Gasteiger partial charge in [-0.2, -0.15) is 0 Å². The Morgan fingerprint density at radius 1 is 0.967 bits per heavy atom. The van der Waals surface area contributed by atoms with Gasteiger partial charge in [-0.1, -0.05) is 52.8 Å². The van der Waals surface area contributed by atoms with Crippen LogP contribution in [0.4, 0.5) is 9.59 Å². The highest BCUT2D eigenvalue weighted by atomic mass is 16.8. The molecule has 17 nitrogen and oxygen atoms in total. The highest BCUT2D eigenvalue weighted by molar-refractivity contribution is 5.95. The lowest BCUT2D eigenvalue weighted by atomic mass is 9.44. The third kappa shape index (κ3) is 8.00. The quantitative estimate of drug-likeness (QED) is 0.166. The first-order valence-corrected chi connectivity index (χ1v) is 19.9. The number of ketones is 1. The Bertz CT molecular complexity index is 1910. The number of ether oxygens (including phenoxy) is 7. The molecule has 0 aromatic heterocycles. The number of rotatable bonds is 8. The summed E-state index contributed by atoms with van der Waals surface area (Å²) in [6.45, 7) is 16.6. The zero-order valence-electron chi connectivity index (χ0n) is 36.3. The highest BCUT2D eigenvalue weighted by Crippen LogP contribution is 2.64. The van der Waals surface area contributed by atoms with Crippen LogP contribution >= 0.6 is 0 Å². The van der Waals surface area contributed by atoms with Gasteiger partial charge < -0.3 is 53.8 Å². The second-order valence-electron chi connectivity index (χ2n) is 19.1. The van der Waals surface area contributed by atoms with Crippen molar-refractivity contribution in [3.63, 3.8) is 0 Å². The highest BCUT2D eigenvalue weighted by Gasteiger charge is 2.78. The molecule has 0 spiro atoms. The number of hydrogen-bond donors (Lipinski definition) is 4.